The lowest BCUT2D eigenvalue weighted by Crippen LogP contribution is -2.45. The molecule has 1 aliphatic rings. The molecule has 1 aromatic carbocycles. The summed E-state index contributed by atoms with van der Waals surface area (Å²) in [4.78, 5) is 36.3. The van der Waals surface area contributed by atoms with Crippen molar-refractivity contribution in [1.82, 2.24) is 24.4 Å². The van der Waals surface area contributed by atoms with Crippen LogP contribution in [0.25, 0.3) is 11.2 Å². The van der Waals surface area contributed by atoms with Gasteiger partial charge in [0.25, 0.3) is 11.5 Å². The Labute approximate surface area is 179 Å². The molecule has 1 atom stereocenters. The number of anilines is 1. The van der Waals surface area contributed by atoms with E-state index in [0.29, 0.717) is 23.8 Å². The molecular weight excluding hydrogens is 398 g/mol. The van der Waals surface area contributed by atoms with Crippen molar-refractivity contribution in [3.8, 4) is 11.8 Å². The number of rotatable bonds is 6. The smallest absolute Gasteiger partial charge is 0.306 e. The Morgan fingerprint density at radius 2 is 2.10 bits per heavy atom. The topological polar surface area (TPSA) is 120 Å². The molecule has 164 valence electrons. The van der Waals surface area contributed by atoms with E-state index in [-0.39, 0.29) is 22.9 Å². The summed E-state index contributed by atoms with van der Waals surface area (Å²) < 4.78 is 9.06. The van der Waals surface area contributed by atoms with Crippen LogP contribution in [0.2, 0.25) is 0 Å². The summed E-state index contributed by atoms with van der Waals surface area (Å²) in [6.45, 7) is 4.26. The number of hydrogen-bond donors (Lipinski definition) is 2. The molecule has 0 bridgehead atoms. The zero-order valence-electron chi connectivity index (χ0n) is 18.0. The Balaban J connectivity index is 1.80. The van der Waals surface area contributed by atoms with E-state index in [1.54, 1.807) is 31.3 Å². The van der Waals surface area contributed by atoms with E-state index in [0.717, 1.165) is 31.9 Å². The van der Waals surface area contributed by atoms with E-state index >= 15 is 0 Å². The minimum absolute atomic E-state index is 0.0465. The summed E-state index contributed by atoms with van der Waals surface area (Å²) in [5, 5.41) is 3.33. The number of nitrogens with two attached hydrogens (primary N) is 1. The maximum absolute atomic E-state index is 13.2. The van der Waals surface area contributed by atoms with Gasteiger partial charge in [-0.1, -0.05) is 12.1 Å². The molecule has 1 unspecified atom stereocenters. The minimum atomic E-state index is -0.622. The van der Waals surface area contributed by atoms with Crippen LogP contribution in [0.15, 0.2) is 29.1 Å². The van der Waals surface area contributed by atoms with Crippen LogP contribution in [0.5, 0.6) is 11.8 Å². The van der Waals surface area contributed by atoms with Gasteiger partial charge in [-0.05, 0) is 38.9 Å². The number of piperidine rings is 1. The highest BCUT2D eigenvalue weighted by atomic mass is 16.5. The third kappa shape index (κ3) is 3.74. The maximum atomic E-state index is 13.2. The number of likely N-dealkylation sites (N-methyl/N-ethyl adjacent to an activating group) is 1. The first kappa shape index (κ1) is 20.9. The largest absolute Gasteiger partial charge is 0.425 e. The first-order valence-corrected chi connectivity index (χ1v) is 10.4. The Morgan fingerprint density at radius 1 is 1.32 bits per heavy atom. The molecule has 31 heavy (non-hydrogen) atoms. The molecule has 0 radical (unpaired) electrons. The summed E-state index contributed by atoms with van der Waals surface area (Å²) in [5.41, 5.74) is 6.14. The third-order valence-electron chi connectivity index (χ3n) is 5.71. The number of ether oxygens (including phenoxy) is 1. The van der Waals surface area contributed by atoms with Gasteiger partial charge in [0.1, 0.15) is 5.75 Å². The van der Waals surface area contributed by atoms with Crippen molar-refractivity contribution >= 4 is 23.0 Å². The highest BCUT2D eigenvalue weighted by molar-refractivity contribution is 5.95. The van der Waals surface area contributed by atoms with Crippen molar-refractivity contribution in [2.24, 2.45) is 12.8 Å². The zero-order valence-corrected chi connectivity index (χ0v) is 18.0. The highest BCUT2D eigenvalue weighted by Crippen LogP contribution is 2.27. The second-order valence-electron chi connectivity index (χ2n) is 7.62. The molecule has 3 N–H and O–H groups in total. The average Bonchev–Trinajstić information content (AvgIpc) is 3.16. The first-order chi connectivity index (χ1) is 14.9. The first-order valence-electron chi connectivity index (χ1n) is 10.4. The Kier molecular flexibility index (Phi) is 5.64. The van der Waals surface area contributed by atoms with Gasteiger partial charge in [0.15, 0.2) is 11.2 Å². The standard InChI is InChI=1S/C21H27N7O3/c1-4-28-16-18(24-20(28)27-11-7-8-13(12-27)23-2)25-21(26(3)19(16)30)31-15-10-6-5-9-14(15)17(22)29/h5-6,9-10,13,23H,4,7-8,11-12H2,1-3H3,(H2,22,29). The number of fused-ring (bicyclic) bond motifs is 1. The number of aromatic nitrogens is 4. The lowest BCUT2D eigenvalue weighted by molar-refractivity contribution is 0.0998. The fraction of sp³-hybridized carbons (Fsp3) is 0.429. The average molecular weight is 425 g/mol. The van der Waals surface area contributed by atoms with Crippen LogP contribution in [-0.4, -0.2) is 51.2 Å². The number of imidazole rings is 1. The quantitative estimate of drug-likeness (QED) is 0.609. The molecule has 4 rings (SSSR count). The molecule has 1 amide bonds. The van der Waals surface area contributed by atoms with Crippen LogP contribution in [-0.2, 0) is 13.6 Å². The van der Waals surface area contributed by atoms with Gasteiger partial charge in [-0.15, -0.1) is 0 Å². The van der Waals surface area contributed by atoms with E-state index in [2.05, 4.69) is 15.2 Å². The Bertz CT molecular complexity index is 1180. The number of primary amides is 1. The number of nitrogens with one attached hydrogen (secondary N) is 1. The molecule has 0 aliphatic carbocycles. The summed E-state index contributed by atoms with van der Waals surface area (Å²) >= 11 is 0. The molecular formula is C21H27N7O3. The van der Waals surface area contributed by atoms with Crippen LogP contribution < -0.4 is 26.2 Å². The van der Waals surface area contributed by atoms with Gasteiger partial charge in [-0.2, -0.15) is 9.97 Å². The highest BCUT2D eigenvalue weighted by Gasteiger charge is 2.26. The SMILES string of the molecule is CCn1c(N2CCCC(NC)C2)nc2nc(Oc3ccccc3C(N)=O)n(C)c(=O)c21. The summed E-state index contributed by atoms with van der Waals surface area (Å²) in [6, 6.07) is 7.00. The maximum Gasteiger partial charge on any atom is 0.306 e. The molecule has 2 aromatic heterocycles. The van der Waals surface area contributed by atoms with Crippen molar-refractivity contribution in [2.75, 3.05) is 25.0 Å². The molecule has 1 fully saturated rings. The second kappa shape index (κ2) is 8.38. The predicted molar refractivity (Wildman–Crippen MR) is 118 cm³/mol. The lowest BCUT2D eigenvalue weighted by atomic mass is 10.1. The summed E-state index contributed by atoms with van der Waals surface area (Å²) in [7, 11) is 3.55. The molecule has 3 heterocycles. The molecule has 0 spiro atoms. The number of carbonyl (C=O) groups excluding carboxylic acids is 1. The number of carbonyl (C=O) groups is 1. The van der Waals surface area contributed by atoms with E-state index in [1.807, 2.05) is 18.5 Å². The van der Waals surface area contributed by atoms with Gasteiger partial charge in [0.2, 0.25) is 5.95 Å². The molecule has 0 saturated carbocycles. The Hall–Kier alpha value is -3.40. The van der Waals surface area contributed by atoms with E-state index in [4.69, 9.17) is 15.5 Å². The fourth-order valence-electron chi connectivity index (χ4n) is 4.01. The number of aryl methyl sites for hydroxylation is 1. The number of para-hydroxylation sites is 1. The molecule has 10 nitrogen and oxygen atoms in total. The van der Waals surface area contributed by atoms with Gasteiger partial charge >= 0.3 is 6.01 Å². The zero-order chi connectivity index (χ0) is 22.1. The summed E-state index contributed by atoms with van der Waals surface area (Å²) in [6.07, 6.45) is 2.15. The Morgan fingerprint density at radius 3 is 2.81 bits per heavy atom. The van der Waals surface area contributed by atoms with E-state index in [1.165, 1.54) is 4.57 Å². The van der Waals surface area contributed by atoms with E-state index in [9.17, 15) is 9.59 Å². The number of benzene rings is 1. The van der Waals surface area contributed by atoms with Gasteiger partial charge in [0.05, 0.1) is 5.56 Å². The lowest BCUT2D eigenvalue weighted by Gasteiger charge is -2.33. The normalized spacial score (nSPS) is 16.6. The number of hydrogen-bond acceptors (Lipinski definition) is 7. The van der Waals surface area contributed by atoms with E-state index < -0.39 is 5.91 Å². The molecule has 1 aliphatic heterocycles. The van der Waals surface area contributed by atoms with Crippen LogP contribution in [0.1, 0.15) is 30.1 Å². The van der Waals surface area contributed by atoms with Gasteiger partial charge in [0, 0.05) is 32.7 Å². The third-order valence-corrected chi connectivity index (χ3v) is 5.71. The number of nitrogens with zero attached hydrogens (tertiary/aromatic N) is 5. The second-order valence-corrected chi connectivity index (χ2v) is 7.62. The molecule has 10 heteroatoms. The van der Waals surface area contributed by atoms with Gasteiger partial charge in [-0.25, -0.2) is 0 Å². The molecule has 3 aromatic rings. The van der Waals surface area contributed by atoms with Crippen LogP contribution in [0.3, 0.4) is 0 Å². The fourth-order valence-corrected chi connectivity index (χ4v) is 4.01. The van der Waals surface area contributed by atoms with Crippen LogP contribution >= 0.6 is 0 Å². The predicted octanol–water partition coefficient (Wildman–Crippen LogP) is 1.23. The van der Waals surface area contributed by atoms with Crippen molar-refractivity contribution in [3.63, 3.8) is 0 Å². The van der Waals surface area contributed by atoms with Crippen molar-refractivity contribution in [1.29, 1.82) is 0 Å². The monoisotopic (exact) mass is 425 g/mol. The van der Waals surface area contributed by atoms with Crippen LogP contribution in [0, 0.1) is 0 Å². The number of amides is 1. The van der Waals surface area contributed by atoms with Crippen molar-refractivity contribution < 1.29 is 9.53 Å². The molecule has 1 saturated heterocycles. The minimum Gasteiger partial charge on any atom is -0.425 e. The van der Waals surface area contributed by atoms with Crippen LogP contribution in [0.4, 0.5) is 5.95 Å². The summed E-state index contributed by atoms with van der Waals surface area (Å²) in [5.74, 6) is 0.347. The van der Waals surface area contributed by atoms with Gasteiger partial charge < -0.3 is 25.3 Å². The van der Waals surface area contributed by atoms with Crippen molar-refractivity contribution in [3.05, 3.63) is 40.2 Å². The van der Waals surface area contributed by atoms with Crippen molar-refractivity contribution in [2.45, 2.75) is 32.4 Å². The van der Waals surface area contributed by atoms with Gasteiger partial charge in [-0.3, -0.25) is 14.2 Å².